The van der Waals surface area contributed by atoms with Crippen molar-refractivity contribution in [2.75, 3.05) is 34.0 Å². The highest BCUT2D eigenvalue weighted by Gasteiger charge is 2.96. The summed E-state index contributed by atoms with van der Waals surface area (Å²) in [6.45, 7) is 4.13. The number of aliphatic hydroxyl groups is 4. The summed E-state index contributed by atoms with van der Waals surface area (Å²) in [4.78, 5) is 39.7. The van der Waals surface area contributed by atoms with Crippen molar-refractivity contribution in [1.29, 1.82) is 0 Å². The van der Waals surface area contributed by atoms with Crippen LogP contribution in [0.25, 0.3) is 0 Å². The molecule has 8 rings (SSSR count). The van der Waals surface area contributed by atoms with E-state index in [2.05, 4.69) is 0 Å². The van der Waals surface area contributed by atoms with Gasteiger partial charge in [0.2, 0.25) is 0 Å². The number of hydrogen-bond acceptors (Lipinski definition) is 15. The van der Waals surface area contributed by atoms with Gasteiger partial charge in [-0.15, -0.1) is 0 Å². The molecule has 250 valence electrons. The number of rotatable bonds is 4. The molecule has 5 saturated heterocycles. The molecule has 5 aliphatic heterocycles. The van der Waals surface area contributed by atoms with Crippen molar-refractivity contribution in [3.05, 3.63) is 0 Å². The minimum absolute atomic E-state index is 0.284. The Bertz CT molecular complexity index is 1370. The van der Waals surface area contributed by atoms with Gasteiger partial charge >= 0.3 is 17.9 Å². The minimum atomic E-state index is -2.74. The molecule has 8 aliphatic rings. The second kappa shape index (κ2) is 8.74. The molecule has 16 atom stereocenters. The first kappa shape index (κ1) is 30.4. The summed E-state index contributed by atoms with van der Waals surface area (Å²) in [5.41, 5.74) is -9.05. The lowest BCUT2D eigenvalue weighted by atomic mass is 9.37. The van der Waals surface area contributed by atoms with Gasteiger partial charge in [0.05, 0.1) is 58.5 Å². The molecule has 3 aliphatic carbocycles. The number of aliphatic hydroxyl groups excluding tert-OH is 2. The van der Waals surface area contributed by atoms with Crippen LogP contribution in [-0.2, 0) is 52.3 Å². The summed E-state index contributed by atoms with van der Waals surface area (Å²) in [7, 11) is 2.25. The van der Waals surface area contributed by atoms with Crippen LogP contribution in [0.3, 0.4) is 0 Å². The van der Waals surface area contributed by atoms with E-state index in [1.54, 1.807) is 6.92 Å². The van der Waals surface area contributed by atoms with Crippen LogP contribution in [0.2, 0.25) is 0 Å². The third-order valence-corrected chi connectivity index (χ3v) is 13.5. The smallest absolute Gasteiger partial charge is 0.366 e. The van der Waals surface area contributed by atoms with Gasteiger partial charge in [0.15, 0.2) is 6.29 Å². The van der Waals surface area contributed by atoms with Crippen LogP contribution in [0.15, 0.2) is 0 Å². The van der Waals surface area contributed by atoms with Gasteiger partial charge in [-0.1, -0.05) is 6.92 Å². The van der Waals surface area contributed by atoms with E-state index in [1.165, 1.54) is 14.0 Å². The van der Waals surface area contributed by atoms with Crippen molar-refractivity contribution in [1.82, 2.24) is 0 Å². The van der Waals surface area contributed by atoms with E-state index in [0.717, 1.165) is 7.11 Å². The Morgan fingerprint density at radius 3 is 2.33 bits per heavy atom. The first-order chi connectivity index (χ1) is 21.1. The van der Waals surface area contributed by atoms with Crippen LogP contribution in [0.5, 0.6) is 0 Å². The van der Waals surface area contributed by atoms with Crippen LogP contribution in [0.1, 0.15) is 40.0 Å². The standard InChI is InChI=1S/C30H40O15/c1-12(31)43-15-9-14(32)26-11-42-29(37,22(35)39-5)20(26)24(2,19(33)17-18(26)27(15,10-41-17)21(34)38-4)30-16-8-13(25(30,3)45-30)28(36)6-7-40-23(28)44-16/h13-20,23,32-33,36-37H,6-11H2,1-5H3. The van der Waals surface area contributed by atoms with Gasteiger partial charge < -0.3 is 58.3 Å². The summed E-state index contributed by atoms with van der Waals surface area (Å²) in [5.74, 6) is -8.55. The fourth-order valence-electron chi connectivity index (χ4n) is 12.0. The second-order valence-electron chi connectivity index (χ2n) is 14.7. The Morgan fingerprint density at radius 1 is 0.956 bits per heavy atom. The van der Waals surface area contributed by atoms with E-state index in [9.17, 15) is 34.8 Å². The van der Waals surface area contributed by atoms with E-state index in [4.69, 9.17) is 37.9 Å². The van der Waals surface area contributed by atoms with E-state index < -0.39 is 118 Å². The predicted molar refractivity (Wildman–Crippen MR) is 141 cm³/mol. The SMILES string of the molecule is COC(=O)C1(O)OCC23C(O)CC(OC(C)=O)C4(C(=O)OC)COC(C42)C(O)C(C)(C24OC2(C)C2CC4OC4OCCC42O)C13. The lowest BCUT2D eigenvalue weighted by Gasteiger charge is -2.65. The maximum absolute atomic E-state index is 13.8. The zero-order valence-electron chi connectivity index (χ0n) is 25.7. The molecule has 8 fully saturated rings. The molecule has 0 aromatic carbocycles. The lowest BCUT2D eigenvalue weighted by molar-refractivity contribution is -0.316. The fraction of sp³-hybridized carbons (Fsp3) is 0.900. The number of hydrogen-bond donors (Lipinski definition) is 4. The highest BCUT2D eigenvalue weighted by molar-refractivity contribution is 5.82. The molecule has 0 aromatic rings. The van der Waals surface area contributed by atoms with E-state index in [0.29, 0.717) is 12.8 Å². The Labute approximate surface area is 258 Å². The van der Waals surface area contributed by atoms with Gasteiger partial charge in [0.1, 0.15) is 28.3 Å². The highest BCUT2D eigenvalue weighted by atomic mass is 16.7. The molecule has 16 unspecified atom stereocenters. The molecular formula is C30H40O15. The molecule has 0 radical (unpaired) electrons. The summed E-state index contributed by atoms with van der Waals surface area (Å²) in [6.07, 6.45) is -6.81. The van der Waals surface area contributed by atoms with E-state index >= 15 is 0 Å². The average molecular weight is 641 g/mol. The van der Waals surface area contributed by atoms with Gasteiger partial charge in [0, 0.05) is 48.3 Å². The quantitative estimate of drug-likeness (QED) is 0.151. The molecule has 15 nitrogen and oxygen atoms in total. The van der Waals surface area contributed by atoms with Crippen molar-refractivity contribution in [2.45, 2.75) is 99.4 Å². The normalized spacial score (nSPS) is 59.8. The largest absolute Gasteiger partial charge is 0.468 e. The monoisotopic (exact) mass is 640 g/mol. The molecule has 15 heteroatoms. The third kappa shape index (κ3) is 2.92. The number of epoxide rings is 1. The molecule has 1 spiro atoms. The molecule has 5 heterocycles. The Morgan fingerprint density at radius 2 is 1.67 bits per heavy atom. The van der Waals surface area contributed by atoms with Crippen LogP contribution in [0.4, 0.5) is 0 Å². The fourth-order valence-corrected chi connectivity index (χ4v) is 12.0. The van der Waals surface area contributed by atoms with E-state index in [-0.39, 0.29) is 19.6 Å². The van der Waals surface area contributed by atoms with Gasteiger partial charge in [-0.05, 0) is 13.3 Å². The zero-order valence-corrected chi connectivity index (χ0v) is 25.7. The number of esters is 3. The van der Waals surface area contributed by atoms with Crippen molar-refractivity contribution in [3.63, 3.8) is 0 Å². The lowest BCUT2D eigenvalue weighted by Crippen LogP contribution is -2.78. The molecule has 0 amide bonds. The molecule has 3 saturated carbocycles. The zero-order chi connectivity index (χ0) is 32.3. The Balaban J connectivity index is 1.36. The van der Waals surface area contributed by atoms with Gasteiger partial charge in [-0.25, -0.2) is 4.79 Å². The van der Waals surface area contributed by atoms with Crippen LogP contribution < -0.4 is 0 Å². The van der Waals surface area contributed by atoms with Crippen LogP contribution in [-0.4, -0.2) is 132 Å². The number of ether oxygens (including phenoxy) is 8. The third-order valence-electron chi connectivity index (χ3n) is 13.5. The molecule has 2 bridgehead atoms. The van der Waals surface area contributed by atoms with Gasteiger partial charge in [0.25, 0.3) is 5.79 Å². The molecule has 0 aromatic heterocycles. The van der Waals surface area contributed by atoms with Gasteiger partial charge in [-0.3, -0.25) is 9.59 Å². The minimum Gasteiger partial charge on any atom is -0.468 e. The van der Waals surface area contributed by atoms with E-state index in [1.807, 2.05) is 6.92 Å². The van der Waals surface area contributed by atoms with Crippen molar-refractivity contribution < 1.29 is 72.7 Å². The first-order valence-electron chi connectivity index (χ1n) is 15.5. The van der Waals surface area contributed by atoms with Crippen molar-refractivity contribution in [3.8, 4) is 0 Å². The molecule has 4 N–H and O–H groups in total. The summed E-state index contributed by atoms with van der Waals surface area (Å²) in [5, 5.41) is 49.0. The first-order valence-corrected chi connectivity index (χ1v) is 15.5. The van der Waals surface area contributed by atoms with Crippen LogP contribution >= 0.6 is 0 Å². The maximum Gasteiger partial charge on any atom is 0.366 e. The van der Waals surface area contributed by atoms with Crippen molar-refractivity contribution >= 4 is 17.9 Å². The summed E-state index contributed by atoms with van der Waals surface area (Å²) in [6, 6.07) is 0. The molecule has 45 heavy (non-hydrogen) atoms. The van der Waals surface area contributed by atoms with Crippen LogP contribution in [0, 0.1) is 34.0 Å². The number of methoxy groups -OCH3 is 2. The van der Waals surface area contributed by atoms with Gasteiger partial charge in [-0.2, -0.15) is 0 Å². The number of carbonyl (C=O) groups is 3. The average Bonchev–Trinajstić information content (AvgIpc) is 3.38. The summed E-state index contributed by atoms with van der Waals surface area (Å²) >= 11 is 0. The predicted octanol–water partition coefficient (Wildman–Crippen LogP) is -1.84. The molecular weight excluding hydrogens is 600 g/mol. The van der Waals surface area contributed by atoms with Crippen molar-refractivity contribution in [2.24, 2.45) is 34.0 Å². The Kier molecular flexibility index (Phi) is 5.90. The second-order valence-corrected chi connectivity index (χ2v) is 14.7. The number of fused-ring (bicyclic) bond motifs is 7. The maximum atomic E-state index is 13.8. The Hall–Kier alpha value is -1.95. The topological polar surface area (TPSA) is 209 Å². The number of carbonyl (C=O) groups excluding carboxylic acids is 3. The highest BCUT2D eigenvalue weighted by Crippen LogP contribution is 2.82. The summed E-state index contributed by atoms with van der Waals surface area (Å²) < 4.78 is 47.1.